The lowest BCUT2D eigenvalue weighted by atomic mass is 9.96. The van der Waals surface area contributed by atoms with Gasteiger partial charge in [0.25, 0.3) is 5.56 Å². The maximum absolute atomic E-state index is 12.3. The number of piperidine rings is 1. The second-order valence-corrected chi connectivity index (χ2v) is 9.13. The third-order valence-electron chi connectivity index (χ3n) is 5.55. The molecule has 2 aliphatic rings. The maximum atomic E-state index is 12.3. The fraction of sp³-hybridized carbons (Fsp3) is 0.650. The molecule has 2 aromatic rings. The number of nitrogens with zero attached hydrogens (tertiary/aromatic N) is 4. The molecule has 0 amide bonds. The second-order valence-electron chi connectivity index (χ2n) is 7.96. The summed E-state index contributed by atoms with van der Waals surface area (Å²) in [4.78, 5) is 25.4. The number of fused-ring (bicyclic) bond motifs is 1. The molecule has 27 heavy (non-hydrogen) atoms. The lowest BCUT2D eigenvalue weighted by Crippen LogP contribution is -2.36. The van der Waals surface area contributed by atoms with Crippen molar-refractivity contribution in [1.29, 1.82) is 0 Å². The smallest absolute Gasteiger partial charge is 0.253 e. The minimum Gasteiger partial charge on any atom is -0.375 e. The molecule has 1 saturated heterocycles. The van der Waals surface area contributed by atoms with Crippen LogP contribution < -0.4 is 5.56 Å². The van der Waals surface area contributed by atoms with Crippen LogP contribution in [0, 0.1) is 5.92 Å². The molecule has 1 fully saturated rings. The van der Waals surface area contributed by atoms with Gasteiger partial charge in [-0.25, -0.2) is 9.97 Å². The van der Waals surface area contributed by atoms with Crippen LogP contribution in [0.4, 0.5) is 0 Å². The van der Waals surface area contributed by atoms with Crippen LogP contribution >= 0.6 is 11.3 Å². The van der Waals surface area contributed by atoms with Crippen LogP contribution in [0.25, 0.3) is 0 Å². The SMILES string of the molecule is CC(C)c1cc(=O)n(CC2CCN(Cc3nc4c(s3)COCC4)CC2)cn1. The highest BCUT2D eigenvalue weighted by molar-refractivity contribution is 7.11. The second kappa shape index (κ2) is 8.20. The lowest BCUT2D eigenvalue weighted by molar-refractivity contribution is 0.112. The summed E-state index contributed by atoms with van der Waals surface area (Å²) < 4.78 is 7.30. The summed E-state index contributed by atoms with van der Waals surface area (Å²) in [5.41, 5.74) is 2.20. The van der Waals surface area contributed by atoms with E-state index in [1.807, 2.05) is 0 Å². The number of rotatable bonds is 5. The lowest BCUT2D eigenvalue weighted by Gasteiger charge is -2.31. The van der Waals surface area contributed by atoms with E-state index in [9.17, 15) is 4.79 Å². The Kier molecular flexibility index (Phi) is 5.71. The molecule has 0 spiro atoms. The van der Waals surface area contributed by atoms with E-state index in [-0.39, 0.29) is 5.56 Å². The molecule has 4 rings (SSSR count). The largest absolute Gasteiger partial charge is 0.375 e. The zero-order valence-corrected chi connectivity index (χ0v) is 17.0. The topological polar surface area (TPSA) is 60.2 Å². The molecule has 0 saturated carbocycles. The highest BCUT2D eigenvalue weighted by Gasteiger charge is 2.22. The Bertz CT molecular complexity index is 813. The van der Waals surface area contributed by atoms with Crippen molar-refractivity contribution >= 4 is 11.3 Å². The Balaban J connectivity index is 1.30. The summed E-state index contributed by atoms with van der Waals surface area (Å²) in [5, 5.41) is 1.22. The molecule has 0 radical (unpaired) electrons. The van der Waals surface area contributed by atoms with Gasteiger partial charge in [-0.05, 0) is 37.8 Å². The third kappa shape index (κ3) is 4.47. The van der Waals surface area contributed by atoms with Gasteiger partial charge in [-0.1, -0.05) is 13.8 Å². The first-order valence-electron chi connectivity index (χ1n) is 9.92. The molecule has 2 aliphatic heterocycles. The van der Waals surface area contributed by atoms with Crippen molar-refractivity contribution in [1.82, 2.24) is 19.4 Å². The van der Waals surface area contributed by atoms with Gasteiger partial charge in [0.1, 0.15) is 5.01 Å². The molecule has 146 valence electrons. The van der Waals surface area contributed by atoms with Crippen molar-refractivity contribution in [2.45, 2.75) is 58.7 Å². The molecule has 0 N–H and O–H groups in total. The van der Waals surface area contributed by atoms with E-state index >= 15 is 0 Å². The van der Waals surface area contributed by atoms with Gasteiger partial charge in [-0.15, -0.1) is 11.3 Å². The maximum Gasteiger partial charge on any atom is 0.253 e. The number of hydrogen-bond donors (Lipinski definition) is 0. The minimum absolute atomic E-state index is 0.0757. The number of ether oxygens (including phenoxy) is 1. The molecular formula is C20H28N4O2S. The first-order valence-corrected chi connectivity index (χ1v) is 10.7. The highest BCUT2D eigenvalue weighted by atomic mass is 32.1. The van der Waals surface area contributed by atoms with E-state index in [4.69, 9.17) is 9.72 Å². The quantitative estimate of drug-likeness (QED) is 0.788. The van der Waals surface area contributed by atoms with Crippen LogP contribution in [0.2, 0.25) is 0 Å². The summed E-state index contributed by atoms with van der Waals surface area (Å²) in [7, 11) is 0. The minimum atomic E-state index is 0.0757. The first kappa shape index (κ1) is 18.8. The predicted molar refractivity (Wildman–Crippen MR) is 106 cm³/mol. The van der Waals surface area contributed by atoms with Crippen LogP contribution in [-0.4, -0.2) is 39.1 Å². The van der Waals surface area contributed by atoms with Crippen LogP contribution in [0.15, 0.2) is 17.2 Å². The van der Waals surface area contributed by atoms with Crippen LogP contribution in [0.5, 0.6) is 0 Å². The third-order valence-corrected chi connectivity index (χ3v) is 6.61. The number of aromatic nitrogens is 3. The number of likely N-dealkylation sites (tertiary alicyclic amines) is 1. The van der Waals surface area contributed by atoms with Crippen molar-refractivity contribution in [3.05, 3.63) is 44.0 Å². The van der Waals surface area contributed by atoms with E-state index < -0.39 is 0 Å². The Morgan fingerprint density at radius 3 is 2.85 bits per heavy atom. The normalized spacial score (nSPS) is 18.8. The van der Waals surface area contributed by atoms with Gasteiger partial charge in [-0.2, -0.15) is 0 Å². The average Bonchev–Trinajstić information content (AvgIpc) is 3.07. The zero-order chi connectivity index (χ0) is 18.8. The van der Waals surface area contributed by atoms with E-state index in [1.165, 1.54) is 15.6 Å². The van der Waals surface area contributed by atoms with E-state index in [0.29, 0.717) is 11.8 Å². The van der Waals surface area contributed by atoms with Gasteiger partial charge in [0, 0.05) is 19.0 Å². The monoisotopic (exact) mass is 388 g/mol. The molecule has 6 nitrogen and oxygen atoms in total. The molecule has 0 unspecified atom stereocenters. The molecule has 0 bridgehead atoms. The van der Waals surface area contributed by atoms with E-state index in [0.717, 1.165) is 64.3 Å². The van der Waals surface area contributed by atoms with Crippen molar-refractivity contribution in [3.8, 4) is 0 Å². The van der Waals surface area contributed by atoms with Gasteiger partial charge < -0.3 is 4.74 Å². The van der Waals surface area contributed by atoms with Gasteiger partial charge in [0.15, 0.2) is 0 Å². The Morgan fingerprint density at radius 2 is 2.15 bits per heavy atom. The molecule has 2 aromatic heterocycles. The van der Waals surface area contributed by atoms with Gasteiger partial charge in [0.2, 0.25) is 0 Å². The van der Waals surface area contributed by atoms with Crippen LogP contribution in [0.3, 0.4) is 0 Å². The summed E-state index contributed by atoms with van der Waals surface area (Å²) >= 11 is 1.81. The molecule has 7 heteroatoms. The molecule has 0 aromatic carbocycles. The van der Waals surface area contributed by atoms with Crippen molar-refractivity contribution in [3.63, 3.8) is 0 Å². The Morgan fingerprint density at radius 1 is 1.33 bits per heavy atom. The Labute approximate surface area is 164 Å². The van der Waals surface area contributed by atoms with Gasteiger partial charge >= 0.3 is 0 Å². The highest BCUT2D eigenvalue weighted by Crippen LogP contribution is 2.26. The first-order chi connectivity index (χ1) is 13.1. The zero-order valence-electron chi connectivity index (χ0n) is 16.2. The van der Waals surface area contributed by atoms with Gasteiger partial charge in [0.05, 0.1) is 42.4 Å². The van der Waals surface area contributed by atoms with E-state index in [2.05, 4.69) is 23.7 Å². The molecular weight excluding hydrogens is 360 g/mol. The standard InChI is InChI=1S/C20H28N4O2S/c1-14(2)17-9-20(25)24(13-21-17)10-15-3-6-23(7-4-15)11-19-22-16-5-8-26-12-18(16)27-19/h9,13-15H,3-8,10-12H2,1-2H3. The molecule has 4 heterocycles. The molecule has 0 atom stereocenters. The van der Waals surface area contributed by atoms with E-state index in [1.54, 1.807) is 28.3 Å². The van der Waals surface area contributed by atoms with Gasteiger partial charge in [-0.3, -0.25) is 14.3 Å². The number of hydrogen-bond acceptors (Lipinski definition) is 6. The van der Waals surface area contributed by atoms with Crippen molar-refractivity contribution in [2.24, 2.45) is 5.92 Å². The van der Waals surface area contributed by atoms with Crippen LogP contribution in [0.1, 0.15) is 53.9 Å². The Hall–Kier alpha value is -1.57. The fourth-order valence-electron chi connectivity index (χ4n) is 3.84. The summed E-state index contributed by atoms with van der Waals surface area (Å²) in [5.74, 6) is 0.835. The fourth-order valence-corrected chi connectivity index (χ4v) is 4.93. The van der Waals surface area contributed by atoms with Crippen LogP contribution in [-0.2, 0) is 30.9 Å². The summed E-state index contributed by atoms with van der Waals surface area (Å²) in [6, 6.07) is 1.69. The summed E-state index contributed by atoms with van der Waals surface area (Å²) in [6.07, 6.45) is 4.91. The molecule has 0 aliphatic carbocycles. The average molecular weight is 389 g/mol. The van der Waals surface area contributed by atoms with Crippen molar-refractivity contribution in [2.75, 3.05) is 19.7 Å². The number of thiazole rings is 1. The summed E-state index contributed by atoms with van der Waals surface area (Å²) in [6.45, 7) is 9.51. The van der Waals surface area contributed by atoms with Crippen molar-refractivity contribution < 1.29 is 4.74 Å². The predicted octanol–water partition coefficient (Wildman–Crippen LogP) is 2.81.